The van der Waals surface area contributed by atoms with E-state index in [-0.39, 0.29) is 17.9 Å². The number of esters is 1. The summed E-state index contributed by atoms with van der Waals surface area (Å²) in [7, 11) is 0. The van der Waals surface area contributed by atoms with Gasteiger partial charge in [0, 0.05) is 10.4 Å². The number of nitrogens with zero attached hydrogens (tertiary/aromatic N) is 3. The van der Waals surface area contributed by atoms with Crippen LogP contribution >= 0.6 is 11.6 Å². The molecular weight excluding hydrogens is 474 g/mol. The van der Waals surface area contributed by atoms with Crippen LogP contribution in [0.5, 0.6) is 5.75 Å². The molecule has 3 rings (SSSR count). The molecule has 1 atom stereocenters. The van der Waals surface area contributed by atoms with Crippen molar-refractivity contribution in [2.75, 3.05) is 6.79 Å². The number of carbonyl (C=O) groups excluding carboxylic acids is 2. The fraction of sp³-hybridized carbons (Fsp3) is 0.360. The molecule has 0 aliphatic carbocycles. The van der Waals surface area contributed by atoms with Crippen LogP contribution in [-0.4, -0.2) is 44.4 Å². The van der Waals surface area contributed by atoms with Crippen LogP contribution in [0.3, 0.4) is 0 Å². The number of halogens is 1. The van der Waals surface area contributed by atoms with E-state index >= 15 is 0 Å². The zero-order valence-corrected chi connectivity index (χ0v) is 20.6. The molecule has 0 amide bonds. The van der Waals surface area contributed by atoms with Gasteiger partial charge < -0.3 is 19.3 Å². The van der Waals surface area contributed by atoms with Gasteiger partial charge in [-0.2, -0.15) is 5.10 Å². The molecule has 1 aromatic heterocycles. The Morgan fingerprint density at radius 1 is 1.06 bits per heavy atom. The maximum absolute atomic E-state index is 12.7. The number of aromatic nitrogens is 3. The average molecular weight is 502 g/mol. The smallest absolute Gasteiger partial charge is 0.507 e. The van der Waals surface area contributed by atoms with Gasteiger partial charge in [0.15, 0.2) is 0 Å². The van der Waals surface area contributed by atoms with Gasteiger partial charge in [-0.1, -0.05) is 56.6 Å². The van der Waals surface area contributed by atoms with Crippen LogP contribution < -0.4 is 0 Å². The SMILES string of the molecule is CC(C)(C)C(CCc1ccc(Cl)cc1)(Cn1cncn1)OC(=O)OCOC(=O)c1ccccc1O. The van der Waals surface area contributed by atoms with Crippen molar-refractivity contribution < 1.29 is 28.9 Å². The minimum atomic E-state index is -1.04. The number of hydrogen-bond donors (Lipinski definition) is 1. The summed E-state index contributed by atoms with van der Waals surface area (Å²) < 4.78 is 17.5. The third kappa shape index (κ3) is 6.95. The standard InChI is InChI=1S/C25H28ClN3O6/c1-24(2,3)25(14-29-16-27-15-28-29,13-12-18-8-10-19(26)11-9-18)35-23(32)34-17-33-22(31)20-6-4-5-7-21(20)30/h4-11,15-16,30H,12-14,17H2,1-3H3. The van der Waals surface area contributed by atoms with Crippen LogP contribution in [-0.2, 0) is 27.2 Å². The number of aromatic hydroxyl groups is 1. The van der Waals surface area contributed by atoms with Gasteiger partial charge in [-0.3, -0.25) is 0 Å². The second kappa shape index (κ2) is 11.2. The molecule has 186 valence electrons. The van der Waals surface area contributed by atoms with Crippen LogP contribution in [0.2, 0.25) is 5.02 Å². The van der Waals surface area contributed by atoms with Gasteiger partial charge in [0.05, 0.1) is 6.54 Å². The number of phenols is 1. The van der Waals surface area contributed by atoms with Crippen LogP contribution in [0.15, 0.2) is 61.2 Å². The lowest BCUT2D eigenvalue weighted by Crippen LogP contribution is -2.51. The van der Waals surface area contributed by atoms with Gasteiger partial charge in [0.1, 0.15) is 29.6 Å². The highest BCUT2D eigenvalue weighted by molar-refractivity contribution is 6.30. The zero-order valence-electron chi connectivity index (χ0n) is 19.8. The number of rotatable bonds is 9. The Labute approximate surface area is 208 Å². The van der Waals surface area contributed by atoms with E-state index in [1.807, 2.05) is 32.9 Å². The van der Waals surface area contributed by atoms with E-state index in [0.29, 0.717) is 17.9 Å². The van der Waals surface area contributed by atoms with Crippen LogP contribution in [0.1, 0.15) is 43.1 Å². The molecule has 0 bridgehead atoms. The van der Waals surface area contributed by atoms with Crippen LogP contribution in [0.4, 0.5) is 4.79 Å². The third-order valence-electron chi connectivity index (χ3n) is 5.75. The molecule has 0 saturated heterocycles. The van der Waals surface area contributed by atoms with Crippen LogP contribution in [0.25, 0.3) is 0 Å². The van der Waals surface area contributed by atoms with Gasteiger partial charge in [-0.15, -0.1) is 0 Å². The highest BCUT2D eigenvalue weighted by atomic mass is 35.5. The van der Waals surface area contributed by atoms with Crippen molar-refractivity contribution >= 4 is 23.7 Å². The van der Waals surface area contributed by atoms with E-state index in [0.717, 1.165) is 5.56 Å². The third-order valence-corrected chi connectivity index (χ3v) is 6.00. The molecule has 0 aliphatic rings. The Morgan fingerprint density at radius 3 is 2.40 bits per heavy atom. The molecule has 0 fully saturated rings. The maximum Gasteiger partial charge on any atom is 0.511 e. The first-order valence-electron chi connectivity index (χ1n) is 11.0. The molecule has 0 aliphatic heterocycles. The van der Waals surface area contributed by atoms with Gasteiger partial charge in [0.2, 0.25) is 6.79 Å². The van der Waals surface area contributed by atoms with Crippen LogP contribution in [0, 0.1) is 5.41 Å². The molecule has 2 aromatic carbocycles. The van der Waals surface area contributed by atoms with Gasteiger partial charge in [-0.05, 0) is 42.7 Å². The second-order valence-corrected chi connectivity index (χ2v) is 9.46. The summed E-state index contributed by atoms with van der Waals surface area (Å²) in [4.78, 5) is 28.9. The van der Waals surface area contributed by atoms with Gasteiger partial charge in [-0.25, -0.2) is 19.3 Å². The molecule has 9 nitrogen and oxygen atoms in total. The normalized spacial score (nSPS) is 13.0. The molecule has 1 N–H and O–H groups in total. The molecule has 0 spiro atoms. The predicted octanol–water partition coefficient (Wildman–Crippen LogP) is 5.02. The topological polar surface area (TPSA) is 113 Å². The summed E-state index contributed by atoms with van der Waals surface area (Å²) in [6.07, 6.45) is 3.00. The Bertz CT molecular complexity index is 1130. The monoisotopic (exact) mass is 501 g/mol. The summed E-state index contributed by atoms with van der Waals surface area (Å²) in [5.74, 6) is -1.06. The minimum Gasteiger partial charge on any atom is -0.507 e. The van der Waals surface area contributed by atoms with Crippen molar-refractivity contribution in [2.24, 2.45) is 5.41 Å². The number of para-hydroxylation sites is 1. The van der Waals surface area contributed by atoms with E-state index in [2.05, 4.69) is 10.1 Å². The average Bonchev–Trinajstić information content (AvgIpc) is 3.31. The van der Waals surface area contributed by atoms with Crippen molar-refractivity contribution in [1.82, 2.24) is 14.8 Å². The Morgan fingerprint density at radius 2 is 1.77 bits per heavy atom. The number of benzene rings is 2. The second-order valence-electron chi connectivity index (χ2n) is 9.03. The van der Waals surface area contributed by atoms with Crippen molar-refractivity contribution in [1.29, 1.82) is 0 Å². The van der Waals surface area contributed by atoms with Crippen molar-refractivity contribution in [3.63, 3.8) is 0 Å². The predicted molar refractivity (Wildman–Crippen MR) is 128 cm³/mol. The fourth-order valence-electron chi connectivity index (χ4n) is 3.55. The summed E-state index contributed by atoms with van der Waals surface area (Å²) in [6, 6.07) is 13.4. The molecule has 10 heteroatoms. The van der Waals surface area contributed by atoms with E-state index in [9.17, 15) is 14.7 Å². The number of carbonyl (C=O) groups is 2. The first-order valence-corrected chi connectivity index (χ1v) is 11.4. The van der Waals surface area contributed by atoms with Crippen molar-refractivity contribution in [2.45, 2.75) is 45.8 Å². The van der Waals surface area contributed by atoms with E-state index in [1.165, 1.54) is 18.5 Å². The Hall–Kier alpha value is -3.59. The number of phenolic OH excluding ortho intramolecular Hbond substituents is 1. The highest BCUT2D eigenvalue weighted by Crippen LogP contribution is 2.39. The van der Waals surface area contributed by atoms with Crippen molar-refractivity contribution in [3.05, 3.63) is 77.3 Å². The number of aryl methyl sites for hydroxylation is 1. The quantitative estimate of drug-likeness (QED) is 0.321. The molecule has 0 saturated carbocycles. The molecular formula is C25H28ClN3O6. The largest absolute Gasteiger partial charge is 0.511 e. The number of hydrogen-bond acceptors (Lipinski definition) is 8. The first kappa shape index (κ1) is 26.0. The number of ether oxygens (including phenoxy) is 3. The lowest BCUT2D eigenvalue weighted by atomic mass is 9.73. The highest BCUT2D eigenvalue weighted by Gasteiger charge is 2.46. The molecule has 1 unspecified atom stereocenters. The summed E-state index contributed by atoms with van der Waals surface area (Å²) in [5.41, 5.74) is -0.589. The molecule has 0 radical (unpaired) electrons. The summed E-state index contributed by atoms with van der Waals surface area (Å²) >= 11 is 6.00. The van der Waals surface area contributed by atoms with Gasteiger partial charge >= 0.3 is 12.1 Å². The Kier molecular flexibility index (Phi) is 8.34. The van der Waals surface area contributed by atoms with E-state index < -0.39 is 29.9 Å². The lowest BCUT2D eigenvalue weighted by Gasteiger charge is -2.43. The zero-order chi connectivity index (χ0) is 25.5. The van der Waals surface area contributed by atoms with E-state index in [4.69, 9.17) is 25.8 Å². The van der Waals surface area contributed by atoms with Gasteiger partial charge in [0.25, 0.3) is 0 Å². The lowest BCUT2D eigenvalue weighted by molar-refractivity contribution is -0.123. The first-order chi connectivity index (χ1) is 16.6. The summed E-state index contributed by atoms with van der Waals surface area (Å²) in [6.45, 7) is 5.43. The Balaban J connectivity index is 1.71. The molecule has 35 heavy (non-hydrogen) atoms. The minimum absolute atomic E-state index is 0.0392. The van der Waals surface area contributed by atoms with Crippen molar-refractivity contribution in [3.8, 4) is 5.75 Å². The summed E-state index contributed by atoms with van der Waals surface area (Å²) in [5, 5.41) is 14.6. The molecule has 1 heterocycles. The molecule has 3 aromatic rings. The van der Waals surface area contributed by atoms with E-state index in [1.54, 1.807) is 35.3 Å². The fourth-order valence-corrected chi connectivity index (χ4v) is 3.67. The maximum atomic E-state index is 12.7.